The standard InChI is InChI=1S/C14H25N3O2/c15-14(19)12(9-13(18)17-11-7-8-11)16-10-5-3-1-2-4-6-10/h10-12,16H,1-9H2,(H2,15,19)(H,17,18). The van der Waals surface area contributed by atoms with Gasteiger partial charge in [-0.3, -0.25) is 9.59 Å². The van der Waals surface area contributed by atoms with Crippen molar-refractivity contribution in [3.8, 4) is 0 Å². The second-order valence-electron chi connectivity index (χ2n) is 5.86. The number of hydrogen-bond donors (Lipinski definition) is 3. The zero-order valence-electron chi connectivity index (χ0n) is 11.5. The number of carbonyl (C=O) groups excluding carboxylic acids is 2. The summed E-state index contributed by atoms with van der Waals surface area (Å²) < 4.78 is 0. The van der Waals surface area contributed by atoms with E-state index in [9.17, 15) is 9.59 Å². The van der Waals surface area contributed by atoms with Crippen molar-refractivity contribution in [2.45, 2.75) is 75.9 Å². The molecule has 4 N–H and O–H groups in total. The van der Waals surface area contributed by atoms with Gasteiger partial charge in [0, 0.05) is 12.1 Å². The molecule has 0 aromatic rings. The van der Waals surface area contributed by atoms with E-state index in [1.54, 1.807) is 0 Å². The van der Waals surface area contributed by atoms with Crippen molar-refractivity contribution < 1.29 is 9.59 Å². The molecule has 0 aromatic heterocycles. The average molecular weight is 267 g/mol. The zero-order chi connectivity index (χ0) is 13.7. The van der Waals surface area contributed by atoms with Gasteiger partial charge in [-0.2, -0.15) is 0 Å². The van der Waals surface area contributed by atoms with E-state index in [4.69, 9.17) is 5.73 Å². The van der Waals surface area contributed by atoms with Gasteiger partial charge < -0.3 is 16.4 Å². The Morgan fingerprint density at radius 3 is 2.16 bits per heavy atom. The Labute approximate surface area is 114 Å². The van der Waals surface area contributed by atoms with Gasteiger partial charge >= 0.3 is 0 Å². The van der Waals surface area contributed by atoms with Gasteiger partial charge in [0.25, 0.3) is 0 Å². The molecule has 0 aliphatic heterocycles. The summed E-state index contributed by atoms with van der Waals surface area (Å²) in [6.45, 7) is 0. The fourth-order valence-electron chi connectivity index (χ4n) is 2.67. The predicted molar refractivity (Wildman–Crippen MR) is 73.4 cm³/mol. The third kappa shape index (κ3) is 5.19. The first kappa shape index (κ1) is 14.3. The van der Waals surface area contributed by atoms with Crippen LogP contribution in [-0.4, -0.2) is 29.9 Å². The Morgan fingerprint density at radius 2 is 1.63 bits per heavy atom. The number of rotatable bonds is 6. The van der Waals surface area contributed by atoms with Gasteiger partial charge in [-0.05, 0) is 25.7 Å². The Kier molecular flexibility index (Phi) is 5.19. The van der Waals surface area contributed by atoms with Crippen LogP contribution in [-0.2, 0) is 9.59 Å². The lowest BCUT2D eigenvalue weighted by atomic mass is 10.1. The van der Waals surface area contributed by atoms with Gasteiger partial charge in [0.15, 0.2) is 0 Å². The summed E-state index contributed by atoms with van der Waals surface area (Å²) in [5, 5.41) is 6.19. The third-order valence-corrected chi connectivity index (χ3v) is 3.97. The first-order valence-corrected chi connectivity index (χ1v) is 7.50. The van der Waals surface area contributed by atoms with Crippen molar-refractivity contribution in [1.29, 1.82) is 0 Å². The average Bonchev–Trinajstić information content (AvgIpc) is 3.15. The molecule has 2 aliphatic rings. The van der Waals surface area contributed by atoms with E-state index < -0.39 is 11.9 Å². The number of carbonyl (C=O) groups is 2. The highest BCUT2D eigenvalue weighted by Gasteiger charge is 2.27. The lowest BCUT2D eigenvalue weighted by Gasteiger charge is -2.22. The van der Waals surface area contributed by atoms with Gasteiger partial charge in [-0.1, -0.05) is 25.7 Å². The molecule has 0 aromatic carbocycles. The van der Waals surface area contributed by atoms with E-state index in [0.29, 0.717) is 12.1 Å². The van der Waals surface area contributed by atoms with Crippen molar-refractivity contribution in [1.82, 2.24) is 10.6 Å². The number of amides is 2. The number of nitrogens with two attached hydrogens (primary N) is 1. The largest absolute Gasteiger partial charge is 0.368 e. The summed E-state index contributed by atoms with van der Waals surface area (Å²) in [5.74, 6) is -0.484. The molecule has 0 saturated heterocycles. The first-order chi connectivity index (χ1) is 9.15. The summed E-state index contributed by atoms with van der Waals surface area (Å²) in [6.07, 6.45) is 9.36. The summed E-state index contributed by atoms with van der Waals surface area (Å²) in [4.78, 5) is 23.2. The fraction of sp³-hybridized carbons (Fsp3) is 0.857. The molecule has 2 aliphatic carbocycles. The molecule has 5 heteroatoms. The maximum absolute atomic E-state index is 11.8. The number of hydrogen-bond acceptors (Lipinski definition) is 3. The molecule has 1 atom stereocenters. The maximum Gasteiger partial charge on any atom is 0.235 e. The molecule has 108 valence electrons. The van der Waals surface area contributed by atoms with Gasteiger partial charge in [0.2, 0.25) is 11.8 Å². The molecule has 1 unspecified atom stereocenters. The van der Waals surface area contributed by atoms with E-state index in [0.717, 1.165) is 25.7 Å². The molecule has 2 amide bonds. The topological polar surface area (TPSA) is 84.2 Å². The van der Waals surface area contributed by atoms with E-state index in [1.165, 1.54) is 25.7 Å². The van der Waals surface area contributed by atoms with Crippen molar-refractivity contribution in [2.24, 2.45) is 5.73 Å². The summed E-state index contributed by atoms with van der Waals surface area (Å²) in [6, 6.07) is 0.134. The van der Waals surface area contributed by atoms with Gasteiger partial charge in [-0.25, -0.2) is 0 Å². The quantitative estimate of drug-likeness (QED) is 0.623. The predicted octanol–water partition coefficient (Wildman–Crippen LogP) is 0.821. The minimum absolute atomic E-state index is 0.0626. The third-order valence-electron chi connectivity index (χ3n) is 3.97. The smallest absolute Gasteiger partial charge is 0.235 e. The molecule has 2 rings (SSSR count). The van der Waals surface area contributed by atoms with Crippen LogP contribution in [0.3, 0.4) is 0 Å². The van der Waals surface area contributed by atoms with E-state index in [-0.39, 0.29) is 12.3 Å². The van der Waals surface area contributed by atoms with E-state index in [1.807, 2.05) is 0 Å². The molecule has 0 heterocycles. The SMILES string of the molecule is NC(=O)C(CC(=O)NC1CC1)NC1CCCCCC1. The molecule has 2 fully saturated rings. The molecule has 19 heavy (non-hydrogen) atoms. The Balaban J connectivity index is 1.80. The molecule has 2 saturated carbocycles. The van der Waals surface area contributed by atoms with Crippen molar-refractivity contribution in [3.63, 3.8) is 0 Å². The molecule has 0 bridgehead atoms. The molecular formula is C14H25N3O2. The van der Waals surface area contributed by atoms with Crippen LogP contribution in [0.5, 0.6) is 0 Å². The van der Waals surface area contributed by atoms with Crippen LogP contribution in [0, 0.1) is 0 Å². The second kappa shape index (κ2) is 6.89. The summed E-state index contributed by atoms with van der Waals surface area (Å²) in [7, 11) is 0. The summed E-state index contributed by atoms with van der Waals surface area (Å²) >= 11 is 0. The molecule has 0 radical (unpaired) electrons. The second-order valence-corrected chi connectivity index (χ2v) is 5.86. The first-order valence-electron chi connectivity index (χ1n) is 7.50. The molecular weight excluding hydrogens is 242 g/mol. The minimum atomic E-state index is -0.526. The van der Waals surface area contributed by atoms with Crippen LogP contribution in [0.25, 0.3) is 0 Å². The van der Waals surface area contributed by atoms with Crippen LogP contribution in [0.4, 0.5) is 0 Å². The minimum Gasteiger partial charge on any atom is -0.368 e. The number of nitrogens with one attached hydrogen (secondary N) is 2. The fourth-order valence-corrected chi connectivity index (χ4v) is 2.67. The van der Waals surface area contributed by atoms with Crippen LogP contribution in [0.15, 0.2) is 0 Å². The van der Waals surface area contributed by atoms with Gasteiger partial charge in [0.05, 0.1) is 12.5 Å². The highest BCUT2D eigenvalue weighted by atomic mass is 16.2. The van der Waals surface area contributed by atoms with E-state index >= 15 is 0 Å². The summed E-state index contributed by atoms with van der Waals surface area (Å²) in [5.41, 5.74) is 5.41. The van der Waals surface area contributed by atoms with Crippen LogP contribution in [0.2, 0.25) is 0 Å². The van der Waals surface area contributed by atoms with Gasteiger partial charge in [-0.15, -0.1) is 0 Å². The van der Waals surface area contributed by atoms with Gasteiger partial charge in [0.1, 0.15) is 0 Å². The van der Waals surface area contributed by atoms with Crippen molar-refractivity contribution in [2.75, 3.05) is 0 Å². The Hall–Kier alpha value is -1.10. The molecule has 0 spiro atoms. The van der Waals surface area contributed by atoms with E-state index in [2.05, 4.69) is 10.6 Å². The molecule has 5 nitrogen and oxygen atoms in total. The van der Waals surface area contributed by atoms with Crippen LogP contribution in [0.1, 0.15) is 57.8 Å². The number of primary amides is 1. The maximum atomic E-state index is 11.8. The lowest BCUT2D eigenvalue weighted by Crippen LogP contribution is -2.49. The Bertz CT molecular complexity index is 321. The monoisotopic (exact) mass is 267 g/mol. The highest BCUT2D eigenvalue weighted by Crippen LogP contribution is 2.20. The van der Waals surface area contributed by atoms with Crippen LogP contribution >= 0.6 is 0 Å². The Morgan fingerprint density at radius 1 is 1.00 bits per heavy atom. The highest BCUT2D eigenvalue weighted by molar-refractivity contribution is 5.87. The van der Waals surface area contributed by atoms with Crippen LogP contribution < -0.4 is 16.4 Å². The lowest BCUT2D eigenvalue weighted by molar-refractivity contribution is -0.127. The normalized spacial score (nSPS) is 22.5. The van der Waals surface area contributed by atoms with Crippen molar-refractivity contribution >= 4 is 11.8 Å². The van der Waals surface area contributed by atoms with Crippen molar-refractivity contribution in [3.05, 3.63) is 0 Å². The zero-order valence-corrected chi connectivity index (χ0v) is 11.5.